The summed E-state index contributed by atoms with van der Waals surface area (Å²) in [5.41, 5.74) is 0.899. The first-order valence-electron chi connectivity index (χ1n) is 6.00. The van der Waals surface area contributed by atoms with E-state index in [-0.39, 0.29) is 6.61 Å². The lowest BCUT2D eigenvalue weighted by molar-refractivity contribution is 0.114. The SMILES string of the molecule is Cc1cc(Cl)nc(CN2CCCC(CO)C2)n1. The molecule has 0 spiro atoms. The van der Waals surface area contributed by atoms with E-state index in [1.807, 2.05) is 6.92 Å². The van der Waals surface area contributed by atoms with Gasteiger partial charge in [0, 0.05) is 18.8 Å². The minimum Gasteiger partial charge on any atom is -0.396 e. The molecule has 4 nitrogen and oxygen atoms in total. The highest BCUT2D eigenvalue weighted by Gasteiger charge is 2.20. The van der Waals surface area contributed by atoms with Crippen LogP contribution in [0.5, 0.6) is 0 Å². The summed E-state index contributed by atoms with van der Waals surface area (Å²) in [6.07, 6.45) is 2.24. The first-order chi connectivity index (χ1) is 8.17. The Morgan fingerprint density at radius 3 is 3.06 bits per heavy atom. The summed E-state index contributed by atoms with van der Waals surface area (Å²) >= 11 is 5.91. The molecule has 0 aliphatic carbocycles. The second-order valence-corrected chi connectivity index (χ2v) is 5.06. The summed E-state index contributed by atoms with van der Waals surface area (Å²) in [6, 6.07) is 1.76. The van der Waals surface area contributed by atoms with E-state index in [0.29, 0.717) is 11.1 Å². The van der Waals surface area contributed by atoms with Crippen molar-refractivity contribution in [1.82, 2.24) is 14.9 Å². The number of likely N-dealkylation sites (tertiary alicyclic amines) is 1. The van der Waals surface area contributed by atoms with Gasteiger partial charge in [-0.1, -0.05) is 11.6 Å². The van der Waals surface area contributed by atoms with Crippen molar-refractivity contribution in [2.24, 2.45) is 5.92 Å². The van der Waals surface area contributed by atoms with Gasteiger partial charge in [-0.15, -0.1) is 0 Å². The topological polar surface area (TPSA) is 49.2 Å². The molecule has 1 aromatic heterocycles. The molecule has 1 fully saturated rings. The highest BCUT2D eigenvalue weighted by Crippen LogP contribution is 2.17. The number of aliphatic hydroxyl groups is 1. The zero-order valence-electron chi connectivity index (χ0n) is 10.1. The van der Waals surface area contributed by atoms with Crippen molar-refractivity contribution in [2.75, 3.05) is 19.7 Å². The number of hydrogen-bond donors (Lipinski definition) is 1. The maximum atomic E-state index is 9.18. The van der Waals surface area contributed by atoms with Gasteiger partial charge >= 0.3 is 0 Å². The van der Waals surface area contributed by atoms with Gasteiger partial charge < -0.3 is 5.11 Å². The normalized spacial score (nSPS) is 21.7. The molecule has 1 aliphatic rings. The van der Waals surface area contributed by atoms with Gasteiger partial charge in [0.25, 0.3) is 0 Å². The minimum absolute atomic E-state index is 0.270. The third kappa shape index (κ3) is 3.63. The highest BCUT2D eigenvalue weighted by atomic mass is 35.5. The molecule has 1 atom stereocenters. The van der Waals surface area contributed by atoms with E-state index in [0.717, 1.165) is 44.0 Å². The molecule has 1 aliphatic heterocycles. The van der Waals surface area contributed by atoms with Crippen LogP contribution in [-0.2, 0) is 6.54 Å². The second kappa shape index (κ2) is 5.76. The van der Waals surface area contributed by atoms with Crippen molar-refractivity contribution in [2.45, 2.75) is 26.3 Å². The lowest BCUT2D eigenvalue weighted by atomic mass is 9.99. The average Bonchev–Trinajstić information content (AvgIpc) is 2.28. The van der Waals surface area contributed by atoms with Crippen LogP contribution < -0.4 is 0 Å². The third-order valence-corrected chi connectivity index (χ3v) is 3.29. The molecule has 0 bridgehead atoms. The molecular weight excluding hydrogens is 238 g/mol. The molecule has 0 saturated carbocycles. The highest BCUT2D eigenvalue weighted by molar-refractivity contribution is 6.29. The fourth-order valence-corrected chi connectivity index (χ4v) is 2.56. The van der Waals surface area contributed by atoms with Gasteiger partial charge in [0.2, 0.25) is 0 Å². The molecular formula is C12H18ClN3O. The van der Waals surface area contributed by atoms with E-state index in [1.165, 1.54) is 0 Å². The minimum atomic E-state index is 0.270. The van der Waals surface area contributed by atoms with Crippen LogP contribution in [0.1, 0.15) is 24.4 Å². The maximum Gasteiger partial charge on any atom is 0.144 e. The zero-order valence-corrected chi connectivity index (χ0v) is 10.8. The number of halogens is 1. The fourth-order valence-electron chi connectivity index (χ4n) is 2.30. The molecule has 1 saturated heterocycles. The molecule has 0 amide bonds. The van der Waals surface area contributed by atoms with Crippen LogP contribution in [0.15, 0.2) is 6.07 Å². The molecule has 0 aromatic carbocycles. The van der Waals surface area contributed by atoms with E-state index in [4.69, 9.17) is 11.6 Å². The largest absolute Gasteiger partial charge is 0.396 e. The van der Waals surface area contributed by atoms with Gasteiger partial charge in [-0.25, -0.2) is 9.97 Å². The van der Waals surface area contributed by atoms with Gasteiger partial charge in [-0.2, -0.15) is 0 Å². The molecule has 1 aromatic rings. The predicted molar refractivity (Wildman–Crippen MR) is 66.9 cm³/mol. The van der Waals surface area contributed by atoms with Gasteiger partial charge in [0.1, 0.15) is 11.0 Å². The molecule has 0 radical (unpaired) electrons. The van der Waals surface area contributed by atoms with Crippen LogP contribution in [0, 0.1) is 12.8 Å². The summed E-state index contributed by atoms with van der Waals surface area (Å²) in [5, 5.41) is 9.69. The second-order valence-electron chi connectivity index (χ2n) is 4.67. The fraction of sp³-hybridized carbons (Fsp3) is 0.667. The number of aromatic nitrogens is 2. The van der Waals surface area contributed by atoms with Crippen LogP contribution in [-0.4, -0.2) is 39.7 Å². The van der Waals surface area contributed by atoms with E-state index >= 15 is 0 Å². The Hall–Kier alpha value is -0.710. The predicted octanol–water partition coefficient (Wildman–Crippen LogP) is 1.64. The quantitative estimate of drug-likeness (QED) is 0.835. The number of rotatable bonds is 3. The molecule has 5 heteroatoms. The van der Waals surface area contributed by atoms with Gasteiger partial charge in [-0.3, -0.25) is 4.90 Å². The molecule has 1 unspecified atom stereocenters. The Labute approximate surface area is 107 Å². The Bertz CT molecular complexity index is 366. The van der Waals surface area contributed by atoms with Crippen molar-refractivity contribution < 1.29 is 5.11 Å². The Kier molecular flexibility index (Phi) is 4.31. The van der Waals surface area contributed by atoms with Gasteiger partial charge in [0.15, 0.2) is 0 Å². The summed E-state index contributed by atoms with van der Waals surface area (Å²) in [5.74, 6) is 1.16. The summed E-state index contributed by atoms with van der Waals surface area (Å²) < 4.78 is 0. The van der Waals surface area contributed by atoms with Crippen molar-refractivity contribution in [3.63, 3.8) is 0 Å². The Morgan fingerprint density at radius 2 is 2.35 bits per heavy atom. The van der Waals surface area contributed by atoms with Crippen LogP contribution in [0.2, 0.25) is 5.15 Å². The standard InChI is InChI=1S/C12H18ClN3O/c1-9-5-11(13)15-12(14-9)7-16-4-2-3-10(6-16)8-17/h5,10,17H,2-4,6-8H2,1H3. The number of aliphatic hydroxyl groups excluding tert-OH is 1. The zero-order chi connectivity index (χ0) is 12.3. The van der Waals surface area contributed by atoms with Crippen molar-refractivity contribution in [3.8, 4) is 0 Å². The molecule has 2 heterocycles. The number of hydrogen-bond acceptors (Lipinski definition) is 4. The Morgan fingerprint density at radius 1 is 1.53 bits per heavy atom. The van der Waals surface area contributed by atoms with E-state index in [1.54, 1.807) is 6.07 Å². The molecule has 2 rings (SSSR count). The lowest BCUT2D eigenvalue weighted by Crippen LogP contribution is -2.36. The van der Waals surface area contributed by atoms with E-state index < -0.39 is 0 Å². The lowest BCUT2D eigenvalue weighted by Gasteiger charge is -2.31. The van der Waals surface area contributed by atoms with Crippen molar-refractivity contribution in [1.29, 1.82) is 0 Å². The Balaban J connectivity index is 2.00. The first kappa shape index (κ1) is 12.7. The molecule has 17 heavy (non-hydrogen) atoms. The van der Waals surface area contributed by atoms with Gasteiger partial charge in [0.05, 0.1) is 6.54 Å². The summed E-state index contributed by atoms with van der Waals surface area (Å²) in [4.78, 5) is 10.9. The van der Waals surface area contributed by atoms with Crippen molar-refractivity contribution in [3.05, 3.63) is 22.7 Å². The number of piperidine rings is 1. The summed E-state index contributed by atoms with van der Waals surface area (Å²) in [7, 11) is 0. The van der Waals surface area contributed by atoms with Crippen LogP contribution in [0.3, 0.4) is 0 Å². The monoisotopic (exact) mass is 255 g/mol. The van der Waals surface area contributed by atoms with Crippen LogP contribution in [0.25, 0.3) is 0 Å². The molecule has 94 valence electrons. The van der Waals surface area contributed by atoms with E-state index in [2.05, 4.69) is 14.9 Å². The number of nitrogens with zero attached hydrogens (tertiary/aromatic N) is 3. The van der Waals surface area contributed by atoms with Crippen molar-refractivity contribution >= 4 is 11.6 Å². The average molecular weight is 256 g/mol. The smallest absolute Gasteiger partial charge is 0.144 e. The van der Waals surface area contributed by atoms with Gasteiger partial charge in [-0.05, 0) is 38.3 Å². The number of aryl methyl sites for hydroxylation is 1. The summed E-state index contributed by atoms with van der Waals surface area (Å²) in [6.45, 7) is 4.88. The van der Waals surface area contributed by atoms with Crippen LogP contribution in [0.4, 0.5) is 0 Å². The van der Waals surface area contributed by atoms with E-state index in [9.17, 15) is 5.11 Å². The molecule has 1 N–H and O–H groups in total. The first-order valence-corrected chi connectivity index (χ1v) is 6.38. The maximum absolute atomic E-state index is 9.18. The third-order valence-electron chi connectivity index (χ3n) is 3.10. The van der Waals surface area contributed by atoms with Crippen LogP contribution >= 0.6 is 11.6 Å².